The third-order valence-corrected chi connectivity index (χ3v) is 11.8. The van der Waals surface area contributed by atoms with Crippen LogP contribution in [0.25, 0.3) is 6.08 Å². The van der Waals surface area contributed by atoms with E-state index in [1.807, 2.05) is 0 Å². The van der Waals surface area contributed by atoms with Gasteiger partial charge in [-0.1, -0.05) is 30.4 Å². The first-order valence-corrected chi connectivity index (χ1v) is 21.8. The van der Waals surface area contributed by atoms with Crippen molar-refractivity contribution < 1.29 is 59.3 Å². The van der Waals surface area contributed by atoms with Crippen molar-refractivity contribution in [2.45, 2.75) is 4.90 Å². The van der Waals surface area contributed by atoms with Crippen LogP contribution in [0.3, 0.4) is 0 Å². The van der Waals surface area contributed by atoms with E-state index in [1.165, 1.54) is 66.8 Å². The molecule has 320 valence electrons. The van der Waals surface area contributed by atoms with Gasteiger partial charge in [0.2, 0.25) is 11.6 Å². The predicted molar refractivity (Wildman–Crippen MR) is 229 cm³/mol. The Morgan fingerprint density at radius 1 is 0.746 bits per heavy atom. The van der Waals surface area contributed by atoms with Gasteiger partial charge < -0.3 is 11.1 Å². The van der Waals surface area contributed by atoms with Crippen molar-refractivity contribution in [3.05, 3.63) is 152 Å². The van der Waals surface area contributed by atoms with Gasteiger partial charge in [0.25, 0.3) is 25.1 Å². The first kappa shape index (κ1) is 43.7. The number of Topliss-reactive ketones (excluding diaryl/α,β-unsaturated/α-hetero) is 2. The molecule has 0 unspecified atom stereocenters. The number of anilines is 2. The second-order valence-corrected chi connectivity index (χ2v) is 17.5. The lowest BCUT2D eigenvalue weighted by atomic mass is 9.90. The number of hydrogen-bond acceptors (Lipinski definition) is 18. The van der Waals surface area contributed by atoms with Gasteiger partial charge in [-0.05, 0) is 99.4 Å². The molecule has 0 heterocycles. The minimum atomic E-state index is -5.14. The number of nitrogen functional groups attached to an aromatic ring is 1. The summed E-state index contributed by atoms with van der Waals surface area (Å²) >= 11 is 0. The number of azo groups is 1. The number of nitrogens with one attached hydrogen (secondary N) is 2. The van der Waals surface area contributed by atoms with Crippen LogP contribution in [-0.4, -0.2) is 79.9 Å². The summed E-state index contributed by atoms with van der Waals surface area (Å²) in [6, 6.07) is 5.66. The minimum absolute atomic E-state index is 0.0125. The molecule has 2 aromatic rings. The molecular weight excluding hydrogens is 887 g/mol. The minimum Gasteiger partial charge on any atom is -0.396 e. The molecule has 0 aromatic heterocycles. The molecule has 0 atom stereocenters. The zero-order valence-electron chi connectivity index (χ0n) is 31.4. The third kappa shape index (κ3) is 9.16. The molecule has 0 fully saturated rings. The average Bonchev–Trinajstić information content (AvgIpc) is 3.22. The fourth-order valence-corrected chi connectivity index (χ4v) is 8.19. The van der Waals surface area contributed by atoms with Crippen LogP contribution in [0.2, 0.25) is 0 Å². The summed E-state index contributed by atoms with van der Waals surface area (Å²) in [5, 5.41) is 45.5. The number of fused-ring (bicyclic) bond motifs is 2. The maximum Gasteiger partial charge on any atom is 0.388 e. The first-order valence-electron chi connectivity index (χ1n) is 17.4. The van der Waals surface area contributed by atoms with E-state index < -0.39 is 90.9 Å². The van der Waals surface area contributed by atoms with Crippen LogP contribution >= 0.6 is 0 Å². The van der Waals surface area contributed by atoms with Crippen molar-refractivity contribution in [1.82, 2.24) is 5.43 Å². The smallest absolute Gasteiger partial charge is 0.388 e. The van der Waals surface area contributed by atoms with Crippen molar-refractivity contribution in [2.24, 2.45) is 25.5 Å². The largest absolute Gasteiger partial charge is 0.396 e. The normalized spacial score (nSPS) is 18.2. The summed E-state index contributed by atoms with van der Waals surface area (Å²) in [6.07, 6.45) is 18.3. The Hall–Kier alpha value is -7.33. The van der Waals surface area contributed by atoms with Crippen LogP contribution in [0.4, 0.5) is 22.7 Å². The summed E-state index contributed by atoms with van der Waals surface area (Å²) in [5.41, 5.74) is 6.89. The van der Waals surface area contributed by atoms with Crippen LogP contribution in [0, 0.1) is 5.41 Å². The van der Waals surface area contributed by atoms with E-state index in [-0.39, 0.29) is 44.9 Å². The zero-order valence-corrected chi connectivity index (χ0v) is 33.9. The summed E-state index contributed by atoms with van der Waals surface area (Å²) < 4.78 is 102. The molecule has 0 spiro atoms. The SMILES string of the molecule is N=C1C=CC2=CC(S(=O)(=O)O)=C(NN=C3C=CC(=C4C=CC(=NN=C5C(=O)c6c(cc(S(=O)(=O)O)c(N=Nc7ccc(N(O)O)cc7)c6N)C=C5[S+](=O)(O)O)C=C4)C=C3)C(=O)C2=C1. The Bertz CT molecular complexity index is 3170. The molecular formula is C38H28N9O13S3+. The Balaban J connectivity index is 1.14. The van der Waals surface area contributed by atoms with Crippen LogP contribution < -0.4 is 16.4 Å². The maximum absolute atomic E-state index is 13.9. The molecule has 7 rings (SSSR count). The highest BCUT2D eigenvalue weighted by Gasteiger charge is 2.44. The maximum atomic E-state index is 13.9. The standard InChI is InChI=1S/C38H27N9O13S3/c39-23-6-1-21-15-30(62(55,56)57)35(37(48)28(21)18-23)45-42-24-7-2-19(3-8-24)20-4-9-25(10-5-20)43-46-36-31(63(58,59)60)17-22-16-29(61(52,53)54)34(33(40)32(22)38(36)49)44-41-26-11-13-27(14-12-26)47(50)51/h1-18,50-51H,(H7-,39,40,41,43,45,49,52,53,54,55,56,57,58,59,60)/p+1. The molecule has 0 amide bonds. The Kier molecular flexibility index (Phi) is 11.5. The van der Waals surface area contributed by atoms with Gasteiger partial charge in [-0.2, -0.15) is 41.3 Å². The molecule has 0 saturated carbocycles. The molecule has 25 heteroatoms. The first-order chi connectivity index (χ1) is 29.6. The number of nitrogens with two attached hydrogens (primary N) is 1. The van der Waals surface area contributed by atoms with E-state index in [0.29, 0.717) is 11.1 Å². The number of hydrogen-bond donors (Lipinski definition) is 9. The second kappa shape index (κ2) is 16.5. The van der Waals surface area contributed by atoms with Gasteiger partial charge in [-0.3, -0.25) is 34.5 Å². The molecule has 63 heavy (non-hydrogen) atoms. The van der Waals surface area contributed by atoms with Gasteiger partial charge in [0, 0.05) is 11.6 Å². The summed E-state index contributed by atoms with van der Waals surface area (Å²) in [5.74, 6) is -1.99. The number of allylic oxidation sites excluding steroid dienone is 17. The summed E-state index contributed by atoms with van der Waals surface area (Å²) in [7, 11) is -15.0. The highest BCUT2D eigenvalue weighted by atomic mass is 32.3. The van der Waals surface area contributed by atoms with Crippen LogP contribution in [0.5, 0.6) is 0 Å². The van der Waals surface area contributed by atoms with Crippen molar-refractivity contribution in [1.29, 1.82) is 5.41 Å². The van der Waals surface area contributed by atoms with Gasteiger partial charge in [-0.25, -0.2) is 0 Å². The topological polar surface area (TPSA) is 368 Å². The molecule has 5 aliphatic rings. The molecule has 0 bridgehead atoms. The van der Waals surface area contributed by atoms with E-state index in [2.05, 4.69) is 31.0 Å². The quantitative estimate of drug-likeness (QED) is 0.0530. The van der Waals surface area contributed by atoms with Gasteiger partial charge in [0.1, 0.15) is 21.2 Å². The highest BCUT2D eigenvalue weighted by Crippen LogP contribution is 2.41. The van der Waals surface area contributed by atoms with Crippen molar-refractivity contribution in [3.8, 4) is 0 Å². The number of hydrazone groups is 1. The number of nitrogens with zero attached hydrogens (tertiary/aromatic N) is 6. The van der Waals surface area contributed by atoms with Crippen LogP contribution in [0.1, 0.15) is 15.9 Å². The zero-order chi connectivity index (χ0) is 45.6. The second-order valence-electron chi connectivity index (χ2n) is 13.3. The van der Waals surface area contributed by atoms with E-state index in [4.69, 9.17) is 21.6 Å². The Morgan fingerprint density at radius 2 is 1.37 bits per heavy atom. The number of carbonyl (C=O) groups is 2. The Morgan fingerprint density at radius 3 is 1.94 bits per heavy atom. The van der Waals surface area contributed by atoms with Crippen molar-refractivity contribution >= 4 is 94.0 Å². The van der Waals surface area contributed by atoms with E-state index >= 15 is 0 Å². The summed E-state index contributed by atoms with van der Waals surface area (Å²) in [6.45, 7) is 0. The van der Waals surface area contributed by atoms with Crippen molar-refractivity contribution in [3.63, 3.8) is 0 Å². The van der Waals surface area contributed by atoms with Crippen LogP contribution in [-0.2, 0) is 39.7 Å². The molecule has 2 aromatic carbocycles. The summed E-state index contributed by atoms with van der Waals surface area (Å²) in [4.78, 5) is 24.4. The lowest BCUT2D eigenvalue weighted by Crippen LogP contribution is -2.29. The number of carbonyl (C=O) groups excluding carboxylic acids is 2. The number of benzene rings is 2. The van der Waals surface area contributed by atoms with Gasteiger partial charge in [-0.15, -0.1) is 15.4 Å². The van der Waals surface area contributed by atoms with Gasteiger partial charge >= 0.3 is 10.5 Å². The molecule has 0 radical (unpaired) electrons. The van der Waals surface area contributed by atoms with E-state index in [0.717, 1.165) is 18.2 Å². The lowest BCUT2D eigenvalue weighted by Gasteiger charge is -2.20. The van der Waals surface area contributed by atoms with E-state index in [1.54, 1.807) is 24.3 Å². The van der Waals surface area contributed by atoms with Gasteiger partial charge in [0.15, 0.2) is 5.71 Å². The molecule has 10 N–H and O–H groups in total. The lowest BCUT2D eigenvalue weighted by molar-refractivity contribution is -0.112. The fraction of sp³-hybridized carbons (Fsp3) is 0. The monoisotopic (exact) mass is 914 g/mol. The average molecular weight is 915 g/mol. The third-order valence-electron chi connectivity index (χ3n) is 9.17. The molecule has 5 aliphatic carbocycles. The number of ketones is 2. The molecule has 0 aliphatic heterocycles. The van der Waals surface area contributed by atoms with Gasteiger partial charge in [0.05, 0.1) is 39.8 Å². The Labute approximate surface area is 356 Å². The molecule has 22 nitrogen and oxygen atoms in total. The van der Waals surface area contributed by atoms with Crippen LogP contribution in [0.15, 0.2) is 171 Å². The fourth-order valence-electron chi connectivity index (χ4n) is 6.18. The number of rotatable bonds is 9. The highest BCUT2D eigenvalue weighted by molar-refractivity contribution is 7.97. The van der Waals surface area contributed by atoms with E-state index in [9.17, 15) is 48.8 Å². The molecule has 0 saturated heterocycles. The van der Waals surface area contributed by atoms with Crippen molar-refractivity contribution in [2.75, 3.05) is 11.0 Å². The predicted octanol–water partition coefficient (Wildman–Crippen LogP) is 4.91.